The molecular formula is C14H12FN5. The van der Waals surface area contributed by atoms with E-state index in [1.165, 1.54) is 12.1 Å². The van der Waals surface area contributed by atoms with Gasteiger partial charge in [-0.3, -0.25) is 0 Å². The van der Waals surface area contributed by atoms with Crippen LogP contribution >= 0.6 is 0 Å². The summed E-state index contributed by atoms with van der Waals surface area (Å²) >= 11 is 0. The molecule has 0 radical (unpaired) electrons. The van der Waals surface area contributed by atoms with Crippen molar-refractivity contribution in [2.75, 3.05) is 11.9 Å². The second kappa shape index (κ2) is 5.23. The van der Waals surface area contributed by atoms with Gasteiger partial charge in [-0.15, -0.1) is 0 Å². The molecule has 20 heavy (non-hydrogen) atoms. The first-order valence-electron chi connectivity index (χ1n) is 6.29. The van der Waals surface area contributed by atoms with Gasteiger partial charge in [-0.05, 0) is 18.2 Å². The number of aromatic nitrogens is 2. The topological polar surface area (TPSA) is 73.6 Å². The molecule has 2 heterocycles. The van der Waals surface area contributed by atoms with Crippen LogP contribution in [0, 0.1) is 17.1 Å². The van der Waals surface area contributed by atoms with Crippen LogP contribution in [0.2, 0.25) is 0 Å². The van der Waals surface area contributed by atoms with Crippen LogP contribution in [0.25, 0.3) is 0 Å². The highest BCUT2D eigenvalue weighted by atomic mass is 19.1. The highest BCUT2D eigenvalue weighted by Crippen LogP contribution is 2.23. The lowest BCUT2D eigenvalue weighted by atomic mass is 10.1. The molecule has 0 saturated heterocycles. The zero-order valence-electron chi connectivity index (χ0n) is 10.7. The number of benzene rings is 1. The van der Waals surface area contributed by atoms with E-state index in [9.17, 15) is 4.39 Å². The summed E-state index contributed by atoms with van der Waals surface area (Å²) in [5, 5.41) is 15.3. The number of nitrogens with zero attached hydrogens (tertiary/aromatic N) is 3. The normalized spacial score (nSPS) is 13.4. The third-order valence-corrected chi connectivity index (χ3v) is 3.12. The molecule has 0 saturated carbocycles. The average Bonchev–Trinajstić information content (AvgIpc) is 2.47. The molecule has 2 aromatic rings. The minimum Gasteiger partial charge on any atom is -0.340 e. The standard InChI is InChI=1S/C14H12FN5/c15-9-2-1-3-10(6-9)18-14-11-8-17-5-4-12(11)19-13(7-16)20-14/h1-3,6,17H,4-5,8H2,(H,18,19,20). The smallest absolute Gasteiger partial charge is 0.234 e. The van der Waals surface area contributed by atoms with E-state index in [-0.39, 0.29) is 11.6 Å². The van der Waals surface area contributed by atoms with Crippen molar-refractivity contribution in [2.24, 2.45) is 0 Å². The van der Waals surface area contributed by atoms with Crippen molar-refractivity contribution in [2.45, 2.75) is 13.0 Å². The number of anilines is 2. The van der Waals surface area contributed by atoms with E-state index >= 15 is 0 Å². The molecule has 0 spiro atoms. The summed E-state index contributed by atoms with van der Waals surface area (Å²) < 4.78 is 13.2. The first-order valence-corrected chi connectivity index (χ1v) is 6.29. The molecule has 0 bridgehead atoms. The predicted molar refractivity (Wildman–Crippen MR) is 71.8 cm³/mol. The SMILES string of the molecule is N#Cc1nc2c(c(Nc3cccc(F)c3)n1)CNCC2. The molecule has 100 valence electrons. The van der Waals surface area contributed by atoms with Gasteiger partial charge in [-0.1, -0.05) is 6.07 Å². The molecule has 3 rings (SSSR count). The maximum absolute atomic E-state index is 13.2. The van der Waals surface area contributed by atoms with Gasteiger partial charge in [0, 0.05) is 30.8 Å². The molecule has 1 aliphatic heterocycles. The Morgan fingerprint density at radius 2 is 2.25 bits per heavy atom. The monoisotopic (exact) mass is 269 g/mol. The molecular weight excluding hydrogens is 257 g/mol. The predicted octanol–water partition coefficient (Wildman–Crippen LogP) is 1.88. The molecule has 1 aromatic heterocycles. The van der Waals surface area contributed by atoms with Crippen LogP contribution < -0.4 is 10.6 Å². The van der Waals surface area contributed by atoms with E-state index < -0.39 is 0 Å². The molecule has 5 nitrogen and oxygen atoms in total. The lowest BCUT2D eigenvalue weighted by Gasteiger charge is -2.19. The molecule has 0 amide bonds. The number of rotatable bonds is 2. The second-order valence-electron chi connectivity index (χ2n) is 4.49. The Morgan fingerprint density at radius 3 is 3.05 bits per heavy atom. The third-order valence-electron chi connectivity index (χ3n) is 3.12. The van der Waals surface area contributed by atoms with Crippen LogP contribution in [-0.2, 0) is 13.0 Å². The van der Waals surface area contributed by atoms with Crippen LogP contribution in [0.4, 0.5) is 15.9 Å². The zero-order chi connectivity index (χ0) is 13.9. The summed E-state index contributed by atoms with van der Waals surface area (Å²) in [6.07, 6.45) is 0.754. The van der Waals surface area contributed by atoms with Gasteiger partial charge >= 0.3 is 0 Å². The highest BCUT2D eigenvalue weighted by Gasteiger charge is 2.17. The van der Waals surface area contributed by atoms with E-state index in [1.54, 1.807) is 12.1 Å². The Hall–Kier alpha value is -2.52. The van der Waals surface area contributed by atoms with Gasteiger partial charge in [0.2, 0.25) is 5.82 Å². The van der Waals surface area contributed by atoms with Gasteiger partial charge in [0.25, 0.3) is 0 Å². The van der Waals surface area contributed by atoms with Crippen LogP contribution in [0.1, 0.15) is 17.1 Å². The summed E-state index contributed by atoms with van der Waals surface area (Å²) in [6.45, 7) is 1.47. The third kappa shape index (κ3) is 2.44. The molecule has 0 atom stereocenters. The fourth-order valence-electron chi connectivity index (χ4n) is 2.20. The zero-order valence-corrected chi connectivity index (χ0v) is 10.7. The minimum atomic E-state index is -0.323. The molecule has 0 aliphatic carbocycles. The van der Waals surface area contributed by atoms with Crippen molar-refractivity contribution in [1.82, 2.24) is 15.3 Å². The van der Waals surface area contributed by atoms with Crippen LogP contribution in [-0.4, -0.2) is 16.5 Å². The highest BCUT2D eigenvalue weighted by molar-refractivity contribution is 5.61. The molecule has 1 aromatic carbocycles. The Balaban J connectivity index is 2.02. The van der Waals surface area contributed by atoms with Gasteiger partial charge < -0.3 is 10.6 Å². The number of hydrogen-bond acceptors (Lipinski definition) is 5. The van der Waals surface area contributed by atoms with Crippen molar-refractivity contribution in [3.63, 3.8) is 0 Å². The summed E-state index contributed by atoms with van der Waals surface area (Å²) in [6, 6.07) is 8.09. The fraction of sp³-hybridized carbons (Fsp3) is 0.214. The van der Waals surface area contributed by atoms with Crippen molar-refractivity contribution in [3.05, 3.63) is 47.2 Å². The Kier molecular flexibility index (Phi) is 3.27. The first-order chi connectivity index (χ1) is 9.76. The molecule has 0 fully saturated rings. The van der Waals surface area contributed by atoms with Crippen molar-refractivity contribution in [3.8, 4) is 6.07 Å². The van der Waals surface area contributed by atoms with Gasteiger partial charge in [0.1, 0.15) is 17.7 Å². The quantitative estimate of drug-likeness (QED) is 0.870. The maximum atomic E-state index is 13.2. The number of hydrogen-bond donors (Lipinski definition) is 2. The summed E-state index contributed by atoms with van der Waals surface area (Å²) in [5.41, 5.74) is 2.40. The Morgan fingerprint density at radius 1 is 1.35 bits per heavy atom. The summed E-state index contributed by atoms with van der Waals surface area (Å²) in [7, 11) is 0. The number of fused-ring (bicyclic) bond motifs is 1. The lowest BCUT2D eigenvalue weighted by Crippen LogP contribution is -2.26. The largest absolute Gasteiger partial charge is 0.340 e. The van der Waals surface area contributed by atoms with Gasteiger partial charge in [-0.2, -0.15) is 5.26 Å². The van der Waals surface area contributed by atoms with Gasteiger partial charge in [0.05, 0.1) is 5.69 Å². The fourth-order valence-corrected chi connectivity index (χ4v) is 2.20. The average molecular weight is 269 g/mol. The summed E-state index contributed by atoms with van der Waals surface area (Å²) in [4.78, 5) is 8.41. The first kappa shape index (κ1) is 12.5. The van der Waals surface area contributed by atoms with E-state index in [1.807, 2.05) is 6.07 Å². The van der Waals surface area contributed by atoms with Crippen molar-refractivity contribution in [1.29, 1.82) is 5.26 Å². The van der Waals surface area contributed by atoms with Gasteiger partial charge in [0.15, 0.2) is 0 Å². The van der Waals surface area contributed by atoms with Crippen molar-refractivity contribution < 1.29 is 4.39 Å². The molecule has 1 aliphatic rings. The number of halogens is 1. The van der Waals surface area contributed by atoms with E-state index in [0.29, 0.717) is 18.1 Å². The van der Waals surface area contributed by atoms with Crippen LogP contribution in [0.15, 0.2) is 24.3 Å². The van der Waals surface area contributed by atoms with E-state index in [4.69, 9.17) is 5.26 Å². The Labute approximate surface area is 115 Å². The molecule has 6 heteroatoms. The minimum absolute atomic E-state index is 0.129. The van der Waals surface area contributed by atoms with Gasteiger partial charge in [-0.25, -0.2) is 14.4 Å². The van der Waals surface area contributed by atoms with Crippen molar-refractivity contribution >= 4 is 11.5 Å². The number of nitriles is 1. The lowest BCUT2D eigenvalue weighted by molar-refractivity contribution is 0.625. The molecule has 2 N–H and O–H groups in total. The Bertz CT molecular complexity index is 692. The maximum Gasteiger partial charge on any atom is 0.234 e. The summed E-state index contributed by atoms with van der Waals surface area (Å²) in [5.74, 6) is 0.366. The number of nitrogens with one attached hydrogen (secondary N) is 2. The van der Waals surface area contributed by atoms with E-state index in [2.05, 4.69) is 20.6 Å². The molecule has 0 unspecified atom stereocenters. The second-order valence-corrected chi connectivity index (χ2v) is 4.49. The van der Waals surface area contributed by atoms with Crippen LogP contribution in [0.3, 0.4) is 0 Å². The van der Waals surface area contributed by atoms with E-state index in [0.717, 1.165) is 24.2 Å². The van der Waals surface area contributed by atoms with Crippen LogP contribution in [0.5, 0.6) is 0 Å².